The Balaban J connectivity index is 1.47. The molecule has 0 spiro atoms. The van der Waals surface area contributed by atoms with Crippen molar-refractivity contribution in [3.63, 3.8) is 0 Å². The summed E-state index contributed by atoms with van der Waals surface area (Å²) in [4.78, 5) is 10.9. The molecular weight excluding hydrogens is 358 g/mol. The fourth-order valence-corrected chi connectivity index (χ4v) is 5.75. The summed E-state index contributed by atoms with van der Waals surface area (Å²) in [7, 11) is 3.92. The van der Waals surface area contributed by atoms with Crippen LogP contribution in [0.2, 0.25) is 0 Å². The molecule has 6 heteroatoms. The van der Waals surface area contributed by atoms with Gasteiger partial charge in [-0.05, 0) is 51.5 Å². The first-order chi connectivity index (χ1) is 13.1. The smallest absolute Gasteiger partial charge is 0.129 e. The zero-order valence-electron chi connectivity index (χ0n) is 16.2. The number of nitrogens with zero attached hydrogens (tertiary/aromatic N) is 3. The van der Waals surface area contributed by atoms with Crippen molar-refractivity contribution in [1.29, 1.82) is 0 Å². The highest BCUT2D eigenvalue weighted by Crippen LogP contribution is 2.42. The van der Waals surface area contributed by atoms with Gasteiger partial charge in [-0.2, -0.15) is 0 Å². The molecule has 2 fully saturated rings. The van der Waals surface area contributed by atoms with Crippen molar-refractivity contribution in [2.75, 3.05) is 40.4 Å². The van der Waals surface area contributed by atoms with Gasteiger partial charge in [0, 0.05) is 35.6 Å². The summed E-state index contributed by atoms with van der Waals surface area (Å²) in [6.45, 7) is 4.46. The average Bonchev–Trinajstić information content (AvgIpc) is 3.17. The topological polar surface area (TPSA) is 48.8 Å². The SMILES string of the molecule is COc1ccccc1-c1ncc(CN2CC[C@@]3(CO)CCCN(C)[C@@H]3C2)s1. The summed E-state index contributed by atoms with van der Waals surface area (Å²) in [6, 6.07) is 8.51. The number of ether oxygens (including phenoxy) is 1. The number of thiazole rings is 1. The number of benzene rings is 1. The monoisotopic (exact) mass is 387 g/mol. The van der Waals surface area contributed by atoms with Crippen LogP contribution in [-0.2, 0) is 6.54 Å². The minimum absolute atomic E-state index is 0.0970. The molecule has 1 aromatic heterocycles. The molecule has 27 heavy (non-hydrogen) atoms. The molecule has 1 aromatic carbocycles. The maximum Gasteiger partial charge on any atom is 0.129 e. The minimum Gasteiger partial charge on any atom is -0.496 e. The summed E-state index contributed by atoms with van der Waals surface area (Å²) >= 11 is 1.75. The Morgan fingerprint density at radius 3 is 2.96 bits per heavy atom. The third-order valence-electron chi connectivity index (χ3n) is 6.37. The van der Waals surface area contributed by atoms with Gasteiger partial charge in [0.2, 0.25) is 0 Å². The fraction of sp³-hybridized carbons (Fsp3) is 0.571. The van der Waals surface area contributed by atoms with E-state index >= 15 is 0 Å². The normalized spacial score (nSPS) is 26.7. The first-order valence-electron chi connectivity index (χ1n) is 9.77. The van der Waals surface area contributed by atoms with E-state index in [0.717, 1.165) is 55.3 Å². The number of likely N-dealkylation sites (N-methyl/N-ethyl adjacent to an activating group) is 1. The molecule has 0 bridgehead atoms. The van der Waals surface area contributed by atoms with Gasteiger partial charge in [0.1, 0.15) is 10.8 Å². The van der Waals surface area contributed by atoms with E-state index in [9.17, 15) is 5.11 Å². The van der Waals surface area contributed by atoms with Crippen LogP contribution >= 0.6 is 11.3 Å². The van der Waals surface area contributed by atoms with Crippen LogP contribution in [0.25, 0.3) is 10.6 Å². The Morgan fingerprint density at radius 2 is 2.15 bits per heavy atom. The summed E-state index contributed by atoms with van der Waals surface area (Å²) < 4.78 is 5.48. The van der Waals surface area contributed by atoms with E-state index in [1.54, 1.807) is 18.4 Å². The molecule has 2 saturated heterocycles. The molecule has 2 aromatic rings. The number of hydrogen-bond donors (Lipinski definition) is 1. The number of aliphatic hydroxyl groups excluding tert-OH is 1. The van der Waals surface area contributed by atoms with Crippen LogP contribution in [-0.4, -0.2) is 66.3 Å². The highest BCUT2D eigenvalue weighted by Gasteiger charge is 2.46. The number of para-hydroxylation sites is 1. The lowest BCUT2D eigenvalue weighted by molar-refractivity contribution is -0.0683. The van der Waals surface area contributed by atoms with Gasteiger partial charge < -0.3 is 14.7 Å². The second-order valence-electron chi connectivity index (χ2n) is 7.94. The van der Waals surface area contributed by atoms with E-state index < -0.39 is 0 Å². The Bertz CT molecular complexity index is 780. The van der Waals surface area contributed by atoms with Crippen LogP contribution in [0.1, 0.15) is 24.1 Å². The van der Waals surface area contributed by atoms with E-state index in [2.05, 4.69) is 27.9 Å². The quantitative estimate of drug-likeness (QED) is 0.854. The lowest BCUT2D eigenvalue weighted by atomic mass is 9.69. The van der Waals surface area contributed by atoms with Gasteiger partial charge in [-0.1, -0.05) is 12.1 Å². The van der Waals surface area contributed by atoms with Gasteiger partial charge in [-0.15, -0.1) is 11.3 Å². The highest BCUT2D eigenvalue weighted by atomic mass is 32.1. The summed E-state index contributed by atoms with van der Waals surface area (Å²) in [5, 5.41) is 11.1. The third-order valence-corrected chi connectivity index (χ3v) is 7.38. The molecule has 3 heterocycles. The van der Waals surface area contributed by atoms with Crippen LogP contribution in [0.5, 0.6) is 5.75 Å². The summed E-state index contributed by atoms with van der Waals surface area (Å²) in [6.07, 6.45) is 5.44. The van der Waals surface area contributed by atoms with E-state index in [4.69, 9.17) is 4.74 Å². The molecule has 2 aliphatic heterocycles. The highest BCUT2D eigenvalue weighted by molar-refractivity contribution is 7.15. The number of rotatable bonds is 5. The van der Waals surface area contributed by atoms with Crippen LogP contribution in [0, 0.1) is 5.41 Å². The number of hydrogen-bond acceptors (Lipinski definition) is 6. The van der Waals surface area contributed by atoms with Gasteiger partial charge in [0.15, 0.2) is 0 Å². The zero-order valence-corrected chi connectivity index (χ0v) is 17.0. The van der Waals surface area contributed by atoms with Crippen LogP contribution in [0.4, 0.5) is 0 Å². The zero-order chi connectivity index (χ0) is 18.9. The number of piperidine rings is 2. The first-order valence-corrected chi connectivity index (χ1v) is 10.6. The van der Waals surface area contributed by atoms with E-state index in [1.807, 2.05) is 24.4 Å². The van der Waals surface area contributed by atoms with E-state index in [1.165, 1.54) is 11.3 Å². The summed E-state index contributed by atoms with van der Waals surface area (Å²) in [5.74, 6) is 0.868. The number of methoxy groups -OCH3 is 1. The molecule has 1 N–H and O–H groups in total. The van der Waals surface area contributed by atoms with Crippen LogP contribution < -0.4 is 4.74 Å². The second-order valence-corrected chi connectivity index (χ2v) is 9.05. The van der Waals surface area contributed by atoms with Crippen LogP contribution in [0.15, 0.2) is 30.5 Å². The Labute approximate surface area is 165 Å². The van der Waals surface area contributed by atoms with Gasteiger partial charge >= 0.3 is 0 Å². The third kappa shape index (κ3) is 3.63. The standard InChI is InChI=1S/C21H29N3O2S/c1-23-10-5-8-21(15-25)9-11-24(14-19(21)23)13-16-12-22-20(27-16)17-6-3-4-7-18(17)26-2/h3-4,6-7,12,19,25H,5,8-11,13-15H2,1-2H3/t19-,21-/m1/s1. The Kier molecular flexibility index (Phi) is 5.50. The molecule has 0 aliphatic carbocycles. The molecule has 0 saturated carbocycles. The maximum absolute atomic E-state index is 10.1. The lowest BCUT2D eigenvalue weighted by Gasteiger charge is -2.53. The van der Waals surface area contributed by atoms with Gasteiger partial charge in [0.25, 0.3) is 0 Å². The van der Waals surface area contributed by atoms with Crippen molar-refractivity contribution in [3.8, 4) is 16.3 Å². The number of aliphatic hydroxyl groups is 1. The van der Waals surface area contributed by atoms with Crippen LogP contribution in [0.3, 0.4) is 0 Å². The molecule has 4 rings (SSSR count). The molecule has 5 nitrogen and oxygen atoms in total. The molecule has 146 valence electrons. The maximum atomic E-state index is 10.1. The molecular formula is C21H29N3O2S. The fourth-order valence-electron chi connectivity index (χ4n) is 4.77. The predicted molar refractivity (Wildman–Crippen MR) is 109 cm³/mol. The van der Waals surface area contributed by atoms with Gasteiger partial charge in [0.05, 0.1) is 19.3 Å². The molecule has 0 unspecified atom stereocenters. The van der Waals surface area contributed by atoms with Crippen molar-refractivity contribution in [2.45, 2.75) is 31.8 Å². The number of aromatic nitrogens is 1. The van der Waals surface area contributed by atoms with Gasteiger partial charge in [-0.25, -0.2) is 4.98 Å². The molecule has 0 amide bonds. The summed E-state index contributed by atoms with van der Waals surface area (Å²) in [5.41, 5.74) is 1.15. The van der Waals surface area contributed by atoms with Crippen molar-refractivity contribution in [2.24, 2.45) is 5.41 Å². The average molecular weight is 388 g/mol. The first kappa shape index (κ1) is 18.9. The van der Waals surface area contributed by atoms with Crippen molar-refractivity contribution in [3.05, 3.63) is 35.3 Å². The Morgan fingerprint density at radius 1 is 1.30 bits per heavy atom. The van der Waals surface area contributed by atoms with Gasteiger partial charge in [-0.3, -0.25) is 4.90 Å². The number of likely N-dealkylation sites (tertiary alicyclic amines) is 2. The molecule has 2 aliphatic rings. The Hall–Kier alpha value is -1.47. The van der Waals surface area contributed by atoms with E-state index in [-0.39, 0.29) is 5.41 Å². The number of fused-ring (bicyclic) bond motifs is 1. The predicted octanol–water partition coefficient (Wildman–Crippen LogP) is 3.10. The largest absolute Gasteiger partial charge is 0.496 e. The minimum atomic E-state index is 0.0970. The molecule has 0 radical (unpaired) electrons. The van der Waals surface area contributed by atoms with Crippen molar-refractivity contribution in [1.82, 2.24) is 14.8 Å². The van der Waals surface area contributed by atoms with Crippen molar-refractivity contribution < 1.29 is 9.84 Å². The molecule has 2 atom stereocenters. The van der Waals surface area contributed by atoms with Crippen molar-refractivity contribution >= 4 is 11.3 Å². The second kappa shape index (κ2) is 7.87. The van der Waals surface area contributed by atoms with E-state index in [0.29, 0.717) is 12.6 Å². The lowest BCUT2D eigenvalue weighted by Crippen LogP contribution is -2.61.